The van der Waals surface area contributed by atoms with E-state index in [1.165, 1.54) is 0 Å². The molecule has 1 N–H and O–H groups in total. The highest BCUT2D eigenvalue weighted by atomic mass is 35.5. The largest absolute Gasteiger partial charge is 0.339 e. The van der Waals surface area contributed by atoms with Gasteiger partial charge in [0, 0.05) is 16.0 Å². The molecular formula is C18H16ClN2OS+. The average molecular weight is 344 g/mol. The SMILES string of the molecule is Cc1csc(Nc2ccccc2)[n+]1CC(=O)c1ccc(Cl)cc1. The van der Waals surface area contributed by atoms with Crippen LogP contribution in [0.25, 0.3) is 0 Å². The summed E-state index contributed by atoms with van der Waals surface area (Å²) in [6, 6.07) is 16.9. The minimum atomic E-state index is 0.0595. The van der Waals surface area contributed by atoms with Gasteiger partial charge in [-0.3, -0.25) is 4.79 Å². The number of aryl methyl sites for hydroxylation is 1. The molecule has 2 aromatic carbocycles. The maximum Gasteiger partial charge on any atom is 0.339 e. The molecule has 0 amide bonds. The number of nitrogens with one attached hydrogen (secondary N) is 1. The van der Waals surface area contributed by atoms with Gasteiger partial charge in [0.15, 0.2) is 6.54 Å². The van der Waals surface area contributed by atoms with Crippen molar-refractivity contribution < 1.29 is 9.36 Å². The van der Waals surface area contributed by atoms with E-state index in [1.807, 2.05) is 47.2 Å². The predicted octanol–water partition coefficient (Wildman–Crippen LogP) is 4.62. The zero-order chi connectivity index (χ0) is 16.2. The minimum absolute atomic E-state index is 0.0595. The van der Waals surface area contributed by atoms with Crippen molar-refractivity contribution in [3.05, 3.63) is 76.3 Å². The van der Waals surface area contributed by atoms with Crippen LogP contribution in [0, 0.1) is 6.92 Å². The van der Waals surface area contributed by atoms with Gasteiger partial charge in [-0.15, -0.1) is 0 Å². The number of anilines is 2. The lowest BCUT2D eigenvalue weighted by atomic mass is 10.1. The number of halogens is 1. The van der Waals surface area contributed by atoms with Gasteiger partial charge in [-0.05, 0) is 43.3 Å². The summed E-state index contributed by atoms with van der Waals surface area (Å²) in [4.78, 5) is 12.5. The van der Waals surface area contributed by atoms with E-state index in [2.05, 4.69) is 5.32 Å². The van der Waals surface area contributed by atoms with Crippen molar-refractivity contribution in [3.8, 4) is 0 Å². The van der Waals surface area contributed by atoms with Crippen molar-refractivity contribution in [2.24, 2.45) is 0 Å². The first-order valence-electron chi connectivity index (χ1n) is 7.22. The lowest BCUT2D eigenvalue weighted by Gasteiger charge is -2.04. The molecule has 3 aromatic rings. The van der Waals surface area contributed by atoms with E-state index in [-0.39, 0.29) is 5.78 Å². The average Bonchev–Trinajstić information content (AvgIpc) is 2.89. The van der Waals surface area contributed by atoms with E-state index in [4.69, 9.17) is 11.6 Å². The number of aromatic nitrogens is 1. The molecule has 0 unspecified atom stereocenters. The highest BCUT2D eigenvalue weighted by Gasteiger charge is 2.19. The highest BCUT2D eigenvalue weighted by molar-refractivity contribution is 7.13. The van der Waals surface area contributed by atoms with Crippen LogP contribution in [0.2, 0.25) is 5.02 Å². The number of hydrogen-bond donors (Lipinski definition) is 1. The summed E-state index contributed by atoms with van der Waals surface area (Å²) in [6.45, 7) is 2.30. The second-order valence-electron chi connectivity index (χ2n) is 5.19. The van der Waals surface area contributed by atoms with Gasteiger partial charge in [0.2, 0.25) is 5.78 Å². The van der Waals surface area contributed by atoms with Crippen molar-refractivity contribution in [1.82, 2.24) is 0 Å². The van der Waals surface area contributed by atoms with Crippen molar-refractivity contribution in [2.45, 2.75) is 13.5 Å². The number of nitrogens with zero attached hydrogens (tertiary/aromatic N) is 1. The molecule has 5 heteroatoms. The third kappa shape index (κ3) is 3.78. The number of para-hydroxylation sites is 1. The molecule has 0 saturated heterocycles. The molecule has 0 radical (unpaired) electrons. The molecule has 1 aromatic heterocycles. The first kappa shape index (κ1) is 15.7. The van der Waals surface area contributed by atoms with Crippen LogP contribution in [0.3, 0.4) is 0 Å². The number of ketones is 1. The number of carbonyl (C=O) groups is 1. The van der Waals surface area contributed by atoms with Gasteiger partial charge < -0.3 is 0 Å². The predicted molar refractivity (Wildman–Crippen MR) is 94.8 cm³/mol. The van der Waals surface area contributed by atoms with Gasteiger partial charge in [0.25, 0.3) is 0 Å². The van der Waals surface area contributed by atoms with Gasteiger partial charge in [-0.2, -0.15) is 0 Å². The molecule has 0 bridgehead atoms. The zero-order valence-electron chi connectivity index (χ0n) is 12.6. The molecule has 0 aliphatic rings. The second kappa shape index (κ2) is 6.94. The zero-order valence-corrected chi connectivity index (χ0v) is 14.2. The molecule has 1 heterocycles. The first-order valence-corrected chi connectivity index (χ1v) is 8.48. The van der Waals surface area contributed by atoms with E-state index in [0.717, 1.165) is 16.5 Å². The molecule has 0 atom stereocenters. The standard InChI is InChI=1S/C18H15ClN2OS/c1-13-12-23-18(20-16-5-3-2-4-6-16)21(13)11-17(22)14-7-9-15(19)10-8-14/h2-10,12H,11H2,1H3/p+1. The molecule has 0 aliphatic carbocycles. The van der Waals surface area contributed by atoms with Gasteiger partial charge in [0.1, 0.15) is 11.4 Å². The molecule has 3 rings (SSSR count). The van der Waals surface area contributed by atoms with Crippen LogP contribution >= 0.6 is 22.9 Å². The number of thiazole rings is 1. The topological polar surface area (TPSA) is 33.0 Å². The molecule has 0 fully saturated rings. The summed E-state index contributed by atoms with van der Waals surface area (Å²) in [5.41, 5.74) is 2.72. The van der Waals surface area contributed by atoms with Crippen LogP contribution in [-0.2, 0) is 6.54 Å². The summed E-state index contributed by atoms with van der Waals surface area (Å²) in [5, 5.41) is 6.98. The fraction of sp³-hybridized carbons (Fsp3) is 0.111. The minimum Gasteiger partial charge on any atom is -0.290 e. The van der Waals surface area contributed by atoms with Crippen LogP contribution in [0.5, 0.6) is 0 Å². The Labute approximate surface area is 144 Å². The van der Waals surface area contributed by atoms with Crippen LogP contribution < -0.4 is 9.88 Å². The Balaban J connectivity index is 1.81. The van der Waals surface area contributed by atoms with Gasteiger partial charge in [-0.1, -0.05) is 41.1 Å². The fourth-order valence-corrected chi connectivity index (χ4v) is 3.29. The third-order valence-corrected chi connectivity index (χ3v) is 4.76. The molecule has 0 saturated carbocycles. The maximum absolute atomic E-state index is 12.5. The van der Waals surface area contributed by atoms with Gasteiger partial charge in [0.05, 0.1) is 0 Å². The van der Waals surface area contributed by atoms with E-state index in [1.54, 1.807) is 35.6 Å². The summed E-state index contributed by atoms with van der Waals surface area (Å²) in [7, 11) is 0. The number of hydrogen-bond acceptors (Lipinski definition) is 3. The molecule has 3 nitrogen and oxygen atoms in total. The summed E-state index contributed by atoms with van der Waals surface area (Å²) < 4.78 is 1.99. The van der Waals surface area contributed by atoms with Gasteiger partial charge >= 0.3 is 5.13 Å². The Morgan fingerprint density at radius 1 is 1.13 bits per heavy atom. The van der Waals surface area contributed by atoms with Crippen LogP contribution in [0.15, 0.2) is 60.0 Å². The summed E-state index contributed by atoms with van der Waals surface area (Å²) in [6.07, 6.45) is 0. The number of rotatable bonds is 5. The van der Waals surface area contributed by atoms with E-state index in [0.29, 0.717) is 17.1 Å². The van der Waals surface area contributed by atoms with Crippen LogP contribution in [-0.4, -0.2) is 5.78 Å². The lowest BCUT2D eigenvalue weighted by Crippen LogP contribution is -2.40. The Hall–Kier alpha value is -2.17. The van der Waals surface area contributed by atoms with Crippen LogP contribution in [0.4, 0.5) is 10.8 Å². The van der Waals surface area contributed by atoms with Crippen LogP contribution in [0.1, 0.15) is 16.1 Å². The van der Waals surface area contributed by atoms with Gasteiger partial charge in [-0.25, -0.2) is 9.88 Å². The molecular weight excluding hydrogens is 328 g/mol. The number of carbonyl (C=O) groups excluding carboxylic acids is 1. The van der Waals surface area contributed by atoms with Crippen molar-refractivity contribution in [1.29, 1.82) is 0 Å². The van der Waals surface area contributed by atoms with E-state index >= 15 is 0 Å². The lowest BCUT2D eigenvalue weighted by molar-refractivity contribution is -0.670. The Morgan fingerprint density at radius 3 is 2.52 bits per heavy atom. The van der Waals surface area contributed by atoms with E-state index < -0.39 is 0 Å². The quantitative estimate of drug-likeness (QED) is 0.541. The number of benzene rings is 2. The Morgan fingerprint density at radius 2 is 1.83 bits per heavy atom. The van der Waals surface area contributed by atoms with Crippen molar-refractivity contribution >= 4 is 39.5 Å². The fourth-order valence-electron chi connectivity index (χ4n) is 2.24. The number of Topliss-reactive ketones (excluding diaryl/α,β-unsaturated/α-hetero) is 1. The first-order chi connectivity index (χ1) is 11.1. The highest BCUT2D eigenvalue weighted by Crippen LogP contribution is 2.19. The third-order valence-electron chi connectivity index (χ3n) is 3.50. The molecule has 23 heavy (non-hydrogen) atoms. The second-order valence-corrected chi connectivity index (χ2v) is 6.48. The smallest absolute Gasteiger partial charge is 0.290 e. The Kier molecular flexibility index (Phi) is 4.74. The van der Waals surface area contributed by atoms with E-state index in [9.17, 15) is 4.79 Å². The molecule has 0 aliphatic heterocycles. The molecule has 116 valence electrons. The maximum atomic E-state index is 12.5. The van der Waals surface area contributed by atoms with Crippen molar-refractivity contribution in [2.75, 3.05) is 5.32 Å². The Bertz CT molecular complexity index is 813. The summed E-state index contributed by atoms with van der Waals surface area (Å²) >= 11 is 7.46. The molecule has 0 spiro atoms. The summed E-state index contributed by atoms with van der Waals surface area (Å²) in [5.74, 6) is 0.0595. The van der Waals surface area contributed by atoms with Crippen molar-refractivity contribution in [3.63, 3.8) is 0 Å². The normalized spacial score (nSPS) is 10.5. The monoisotopic (exact) mass is 343 g/mol.